The predicted octanol–water partition coefficient (Wildman–Crippen LogP) is 4.36. The second-order valence-corrected chi connectivity index (χ2v) is 4.71. The van der Waals surface area contributed by atoms with Crippen LogP contribution in [0.1, 0.15) is 24.1 Å². The average molecular weight is 311 g/mol. The van der Waals surface area contributed by atoms with E-state index in [0.717, 1.165) is 12.1 Å². The smallest absolute Gasteiger partial charge is 0.416 e. The first-order valence-corrected chi connectivity index (χ1v) is 6.64. The Balaban J connectivity index is 2.02. The fraction of sp³-hybridized carbons (Fsp3) is 0.250. The molecule has 0 saturated carbocycles. The third-order valence-electron chi connectivity index (χ3n) is 3.15. The standard InChI is InChI=1S/C16H16F3NO2/c1-11(12-7-9-13(10-8-12)16(17,18)19)20-22-15-6-4-3-5-14(15)21-2/h3-11,20H,1-2H3/t11-/m1/s1. The van der Waals surface area contributed by atoms with E-state index in [4.69, 9.17) is 9.57 Å². The zero-order valence-electron chi connectivity index (χ0n) is 12.1. The van der Waals surface area contributed by atoms with Gasteiger partial charge >= 0.3 is 6.18 Å². The summed E-state index contributed by atoms with van der Waals surface area (Å²) in [6.45, 7) is 1.79. The molecule has 1 atom stereocenters. The Morgan fingerprint density at radius 3 is 2.09 bits per heavy atom. The summed E-state index contributed by atoms with van der Waals surface area (Å²) in [4.78, 5) is 5.44. The van der Waals surface area contributed by atoms with Gasteiger partial charge in [-0.3, -0.25) is 0 Å². The Labute approximate surface area is 126 Å². The summed E-state index contributed by atoms with van der Waals surface area (Å²) < 4.78 is 42.7. The number of methoxy groups -OCH3 is 1. The Kier molecular flexibility index (Phi) is 4.92. The molecule has 0 aliphatic rings. The van der Waals surface area contributed by atoms with Crippen LogP contribution in [0.5, 0.6) is 11.5 Å². The molecule has 1 N–H and O–H groups in total. The highest BCUT2D eigenvalue weighted by molar-refractivity contribution is 5.39. The van der Waals surface area contributed by atoms with Gasteiger partial charge in [0, 0.05) is 0 Å². The van der Waals surface area contributed by atoms with Crippen LogP contribution in [-0.4, -0.2) is 7.11 Å². The molecule has 3 nitrogen and oxygen atoms in total. The minimum Gasteiger partial charge on any atom is -0.493 e. The molecule has 2 aromatic rings. The number of hydrogen-bond acceptors (Lipinski definition) is 3. The molecule has 118 valence electrons. The summed E-state index contributed by atoms with van der Waals surface area (Å²) in [6, 6.07) is 11.7. The summed E-state index contributed by atoms with van der Waals surface area (Å²) in [6.07, 6.45) is -4.33. The molecule has 2 aromatic carbocycles. The van der Waals surface area contributed by atoms with E-state index in [2.05, 4.69) is 5.48 Å². The minimum atomic E-state index is -4.33. The van der Waals surface area contributed by atoms with Crippen LogP contribution in [-0.2, 0) is 6.18 Å². The number of rotatable bonds is 5. The van der Waals surface area contributed by atoms with Crippen molar-refractivity contribution in [1.29, 1.82) is 0 Å². The molecule has 0 aliphatic carbocycles. The molecule has 0 aromatic heterocycles. The van der Waals surface area contributed by atoms with Crippen LogP contribution in [0.2, 0.25) is 0 Å². The Bertz CT molecular complexity index is 612. The predicted molar refractivity (Wildman–Crippen MR) is 76.6 cm³/mol. The molecule has 0 amide bonds. The van der Waals surface area contributed by atoms with E-state index in [1.54, 1.807) is 25.1 Å². The van der Waals surface area contributed by atoms with E-state index in [0.29, 0.717) is 17.1 Å². The molecule has 0 aliphatic heterocycles. The van der Waals surface area contributed by atoms with Gasteiger partial charge in [-0.2, -0.15) is 13.2 Å². The van der Waals surface area contributed by atoms with Crippen LogP contribution >= 0.6 is 0 Å². The number of nitrogens with one attached hydrogen (secondary N) is 1. The highest BCUT2D eigenvalue weighted by Gasteiger charge is 2.30. The van der Waals surface area contributed by atoms with Gasteiger partial charge < -0.3 is 9.57 Å². The Morgan fingerprint density at radius 2 is 1.55 bits per heavy atom. The van der Waals surface area contributed by atoms with E-state index in [-0.39, 0.29) is 6.04 Å². The van der Waals surface area contributed by atoms with E-state index in [9.17, 15) is 13.2 Å². The van der Waals surface area contributed by atoms with Crippen LogP contribution in [0.4, 0.5) is 13.2 Å². The fourth-order valence-corrected chi connectivity index (χ4v) is 1.88. The molecule has 0 unspecified atom stereocenters. The van der Waals surface area contributed by atoms with Crippen molar-refractivity contribution in [2.45, 2.75) is 19.1 Å². The third-order valence-corrected chi connectivity index (χ3v) is 3.15. The van der Waals surface area contributed by atoms with Crippen LogP contribution in [0.15, 0.2) is 48.5 Å². The fourth-order valence-electron chi connectivity index (χ4n) is 1.88. The molecule has 2 rings (SSSR count). The number of hydroxylamine groups is 1. The SMILES string of the molecule is COc1ccccc1ON[C@H](C)c1ccc(C(F)(F)F)cc1. The molecule has 0 heterocycles. The first-order chi connectivity index (χ1) is 10.4. The maximum atomic E-state index is 12.5. The summed E-state index contributed by atoms with van der Waals surface area (Å²) in [5.74, 6) is 1.07. The number of alkyl halides is 3. The molecular weight excluding hydrogens is 295 g/mol. The number of hydrogen-bond donors (Lipinski definition) is 1. The van der Waals surface area contributed by atoms with Crippen molar-refractivity contribution in [1.82, 2.24) is 5.48 Å². The van der Waals surface area contributed by atoms with E-state index in [1.165, 1.54) is 19.2 Å². The number of ether oxygens (including phenoxy) is 1. The number of para-hydroxylation sites is 2. The lowest BCUT2D eigenvalue weighted by atomic mass is 10.1. The number of halogens is 3. The first-order valence-electron chi connectivity index (χ1n) is 6.64. The highest BCUT2D eigenvalue weighted by Crippen LogP contribution is 2.30. The van der Waals surface area contributed by atoms with Gasteiger partial charge in [0.2, 0.25) is 0 Å². The summed E-state index contributed by atoms with van der Waals surface area (Å²) >= 11 is 0. The molecule has 0 bridgehead atoms. The largest absolute Gasteiger partial charge is 0.493 e. The maximum Gasteiger partial charge on any atom is 0.416 e. The van der Waals surface area contributed by atoms with Crippen molar-refractivity contribution in [2.75, 3.05) is 7.11 Å². The van der Waals surface area contributed by atoms with Crippen LogP contribution in [0, 0.1) is 0 Å². The van der Waals surface area contributed by atoms with Gasteiger partial charge in [0.25, 0.3) is 0 Å². The normalized spacial score (nSPS) is 12.8. The molecule has 0 spiro atoms. The Hall–Kier alpha value is -2.21. The molecular formula is C16H16F3NO2. The van der Waals surface area contributed by atoms with E-state index < -0.39 is 11.7 Å². The molecule has 22 heavy (non-hydrogen) atoms. The van der Waals surface area contributed by atoms with Crippen LogP contribution in [0.25, 0.3) is 0 Å². The van der Waals surface area contributed by atoms with Gasteiger partial charge in [-0.05, 0) is 36.8 Å². The van der Waals surface area contributed by atoms with E-state index in [1.807, 2.05) is 6.07 Å². The van der Waals surface area contributed by atoms with Gasteiger partial charge in [-0.25, -0.2) is 0 Å². The molecule has 0 radical (unpaired) electrons. The van der Waals surface area contributed by atoms with E-state index >= 15 is 0 Å². The van der Waals surface area contributed by atoms with Gasteiger partial charge in [-0.1, -0.05) is 24.3 Å². The van der Waals surface area contributed by atoms with Crippen molar-refractivity contribution >= 4 is 0 Å². The Morgan fingerprint density at radius 1 is 0.955 bits per heavy atom. The molecule has 6 heteroatoms. The third kappa shape index (κ3) is 3.92. The second-order valence-electron chi connectivity index (χ2n) is 4.71. The van der Waals surface area contributed by atoms with Crippen LogP contribution in [0.3, 0.4) is 0 Å². The van der Waals surface area contributed by atoms with Gasteiger partial charge in [0.1, 0.15) is 0 Å². The van der Waals surface area contributed by atoms with Crippen molar-refractivity contribution in [3.05, 3.63) is 59.7 Å². The summed E-state index contributed by atoms with van der Waals surface area (Å²) in [5, 5.41) is 0. The highest BCUT2D eigenvalue weighted by atomic mass is 19.4. The summed E-state index contributed by atoms with van der Waals surface area (Å²) in [7, 11) is 1.53. The first kappa shape index (κ1) is 16.2. The summed E-state index contributed by atoms with van der Waals surface area (Å²) in [5.41, 5.74) is 2.80. The van der Waals surface area contributed by atoms with Gasteiger partial charge in [0.05, 0.1) is 18.7 Å². The topological polar surface area (TPSA) is 30.5 Å². The quantitative estimate of drug-likeness (QED) is 0.832. The lowest BCUT2D eigenvalue weighted by Crippen LogP contribution is -2.23. The zero-order chi connectivity index (χ0) is 16.2. The monoisotopic (exact) mass is 311 g/mol. The van der Waals surface area contributed by atoms with Crippen molar-refractivity contribution in [3.8, 4) is 11.5 Å². The number of benzene rings is 2. The molecule has 0 fully saturated rings. The maximum absolute atomic E-state index is 12.5. The molecule has 0 saturated heterocycles. The zero-order valence-corrected chi connectivity index (χ0v) is 12.1. The lowest BCUT2D eigenvalue weighted by Gasteiger charge is -2.17. The van der Waals surface area contributed by atoms with Crippen molar-refractivity contribution in [2.24, 2.45) is 0 Å². The van der Waals surface area contributed by atoms with Crippen molar-refractivity contribution < 1.29 is 22.7 Å². The minimum absolute atomic E-state index is 0.285. The second kappa shape index (κ2) is 6.70. The van der Waals surface area contributed by atoms with Crippen LogP contribution < -0.4 is 15.1 Å². The average Bonchev–Trinajstić information content (AvgIpc) is 2.52. The van der Waals surface area contributed by atoms with Gasteiger partial charge in [0.15, 0.2) is 11.5 Å². The van der Waals surface area contributed by atoms with Gasteiger partial charge in [-0.15, -0.1) is 5.48 Å². The lowest BCUT2D eigenvalue weighted by molar-refractivity contribution is -0.137. The van der Waals surface area contributed by atoms with Crippen molar-refractivity contribution in [3.63, 3.8) is 0 Å².